The lowest BCUT2D eigenvalue weighted by Gasteiger charge is -2.29. The van der Waals surface area contributed by atoms with Crippen molar-refractivity contribution in [3.05, 3.63) is 43.5 Å². The smallest absolute Gasteiger partial charge is 0.223 e. The largest absolute Gasteiger partial charge is 0.423 e. The molecule has 0 radical (unpaired) electrons. The van der Waals surface area contributed by atoms with Crippen LogP contribution in [0, 0.1) is 12.8 Å². The number of rotatable bonds is 2. The molecule has 1 aliphatic heterocycles. The maximum Gasteiger partial charge on any atom is 0.223 e. The molecule has 1 aliphatic rings. The van der Waals surface area contributed by atoms with Gasteiger partial charge in [0, 0.05) is 23.1 Å². The van der Waals surface area contributed by atoms with E-state index in [4.69, 9.17) is 10.5 Å². The van der Waals surface area contributed by atoms with Crippen molar-refractivity contribution in [3.8, 4) is 5.88 Å². The first kappa shape index (κ1) is 14.7. The molecular formula is C15H18BrN3OS. The van der Waals surface area contributed by atoms with Gasteiger partial charge in [-0.3, -0.25) is 0 Å². The van der Waals surface area contributed by atoms with Gasteiger partial charge in [0.2, 0.25) is 5.88 Å². The average Bonchev–Trinajstić information content (AvgIpc) is 2.93. The molecule has 6 heteroatoms. The van der Waals surface area contributed by atoms with Crippen molar-refractivity contribution in [2.75, 3.05) is 0 Å². The van der Waals surface area contributed by atoms with Crippen LogP contribution in [0.3, 0.4) is 0 Å². The van der Waals surface area contributed by atoms with Gasteiger partial charge in [-0.2, -0.15) is 5.10 Å². The monoisotopic (exact) mass is 367 g/mol. The molecule has 0 bridgehead atoms. The van der Waals surface area contributed by atoms with Gasteiger partial charge in [-0.15, -0.1) is 11.3 Å². The van der Waals surface area contributed by atoms with Crippen LogP contribution in [0.4, 0.5) is 0 Å². The minimum absolute atomic E-state index is 0.124. The van der Waals surface area contributed by atoms with Crippen LogP contribution < -0.4 is 10.5 Å². The Labute approximate surface area is 136 Å². The molecule has 0 aromatic carbocycles. The van der Waals surface area contributed by atoms with Gasteiger partial charge in [-0.1, -0.05) is 13.8 Å². The molecule has 21 heavy (non-hydrogen) atoms. The number of hydrogen-bond donors (Lipinski definition) is 1. The van der Waals surface area contributed by atoms with Gasteiger partial charge in [0.05, 0.1) is 15.4 Å². The Hall–Kier alpha value is -1.27. The fourth-order valence-corrected chi connectivity index (χ4v) is 4.52. The molecule has 1 unspecified atom stereocenters. The number of halogens is 1. The number of ether oxygens (including phenoxy) is 1. The molecule has 0 aliphatic carbocycles. The van der Waals surface area contributed by atoms with E-state index in [1.807, 2.05) is 14.0 Å². The third-order valence-corrected chi connectivity index (χ3v) is 5.49. The second kappa shape index (κ2) is 5.18. The van der Waals surface area contributed by atoms with E-state index in [0.29, 0.717) is 11.8 Å². The number of hydrogen-bond acceptors (Lipinski definition) is 4. The van der Waals surface area contributed by atoms with Crippen LogP contribution in [0.15, 0.2) is 27.4 Å². The van der Waals surface area contributed by atoms with Crippen molar-refractivity contribution in [2.24, 2.45) is 18.7 Å². The molecule has 2 N–H and O–H groups in total. The fraction of sp³-hybridized carbons (Fsp3) is 0.400. The zero-order valence-corrected chi connectivity index (χ0v) is 14.9. The van der Waals surface area contributed by atoms with Crippen LogP contribution in [-0.4, -0.2) is 9.78 Å². The summed E-state index contributed by atoms with van der Waals surface area (Å²) in [6.45, 7) is 6.33. The molecule has 3 rings (SSSR count). The predicted molar refractivity (Wildman–Crippen MR) is 88.5 cm³/mol. The molecule has 112 valence electrons. The number of nitrogens with zero attached hydrogens (tertiary/aromatic N) is 2. The maximum absolute atomic E-state index is 6.22. The second-order valence-corrected chi connectivity index (χ2v) is 8.07. The number of aromatic nitrogens is 2. The van der Waals surface area contributed by atoms with Crippen molar-refractivity contribution in [1.29, 1.82) is 0 Å². The Morgan fingerprint density at radius 3 is 2.71 bits per heavy atom. The summed E-state index contributed by atoms with van der Waals surface area (Å²) >= 11 is 5.29. The lowest BCUT2D eigenvalue weighted by Crippen LogP contribution is -2.24. The van der Waals surface area contributed by atoms with Crippen LogP contribution in [0.25, 0.3) is 0 Å². The topological polar surface area (TPSA) is 53.1 Å². The highest BCUT2D eigenvalue weighted by atomic mass is 79.9. The highest BCUT2D eigenvalue weighted by molar-refractivity contribution is 9.11. The average molecular weight is 368 g/mol. The zero-order valence-electron chi connectivity index (χ0n) is 12.5. The van der Waals surface area contributed by atoms with E-state index < -0.39 is 0 Å². The van der Waals surface area contributed by atoms with Gasteiger partial charge < -0.3 is 10.5 Å². The second-order valence-electron chi connectivity index (χ2n) is 5.58. The molecule has 1 atom stereocenters. The summed E-state index contributed by atoms with van der Waals surface area (Å²) in [5.41, 5.74) is 9.47. The van der Waals surface area contributed by atoms with E-state index >= 15 is 0 Å². The number of allylic oxidation sites excluding steroid dienone is 1. The van der Waals surface area contributed by atoms with E-state index in [-0.39, 0.29) is 5.92 Å². The number of nitrogens with two attached hydrogens (primary N) is 1. The molecule has 2 aromatic rings. The number of aryl methyl sites for hydroxylation is 2. The Kier molecular flexibility index (Phi) is 3.61. The van der Waals surface area contributed by atoms with Gasteiger partial charge >= 0.3 is 0 Å². The highest BCUT2D eigenvalue weighted by Gasteiger charge is 2.36. The predicted octanol–water partition coefficient (Wildman–Crippen LogP) is 3.90. The van der Waals surface area contributed by atoms with Crippen molar-refractivity contribution in [1.82, 2.24) is 9.78 Å². The van der Waals surface area contributed by atoms with Crippen LogP contribution in [0.1, 0.15) is 35.9 Å². The van der Waals surface area contributed by atoms with Crippen molar-refractivity contribution < 1.29 is 4.74 Å². The Balaban J connectivity index is 2.26. The van der Waals surface area contributed by atoms with Crippen molar-refractivity contribution in [2.45, 2.75) is 26.7 Å². The zero-order chi connectivity index (χ0) is 15.3. The van der Waals surface area contributed by atoms with E-state index in [9.17, 15) is 0 Å². The van der Waals surface area contributed by atoms with Crippen LogP contribution in [-0.2, 0) is 7.05 Å². The van der Waals surface area contributed by atoms with Gasteiger partial charge in [0.15, 0.2) is 5.88 Å². The van der Waals surface area contributed by atoms with Gasteiger partial charge in [0.1, 0.15) is 0 Å². The minimum atomic E-state index is 0.124. The Morgan fingerprint density at radius 2 is 2.14 bits per heavy atom. The molecule has 0 amide bonds. The third-order valence-electron chi connectivity index (χ3n) is 3.81. The van der Waals surface area contributed by atoms with Crippen molar-refractivity contribution >= 4 is 27.3 Å². The van der Waals surface area contributed by atoms with Gasteiger partial charge in [-0.05, 0) is 40.9 Å². The maximum atomic E-state index is 6.22. The first-order valence-electron chi connectivity index (χ1n) is 6.86. The van der Waals surface area contributed by atoms with E-state index in [0.717, 1.165) is 26.5 Å². The van der Waals surface area contributed by atoms with Crippen molar-refractivity contribution in [3.63, 3.8) is 0 Å². The SMILES string of the molecule is Cc1nn(C)c2c1C(c1ccc(Br)s1)C(C(C)C)=C(N)O2. The summed E-state index contributed by atoms with van der Waals surface area (Å²) in [5.74, 6) is 1.70. The summed E-state index contributed by atoms with van der Waals surface area (Å²) in [6, 6.07) is 4.23. The van der Waals surface area contributed by atoms with Crippen LogP contribution >= 0.6 is 27.3 Å². The van der Waals surface area contributed by atoms with Gasteiger partial charge in [0.25, 0.3) is 0 Å². The highest BCUT2D eigenvalue weighted by Crippen LogP contribution is 2.48. The first-order chi connectivity index (χ1) is 9.90. The molecule has 3 heterocycles. The summed E-state index contributed by atoms with van der Waals surface area (Å²) < 4.78 is 8.75. The molecule has 0 saturated carbocycles. The van der Waals surface area contributed by atoms with Crippen LogP contribution in [0.2, 0.25) is 0 Å². The molecular weight excluding hydrogens is 350 g/mol. The Morgan fingerprint density at radius 1 is 1.43 bits per heavy atom. The first-order valence-corrected chi connectivity index (χ1v) is 8.47. The van der Waals surface area contributed by atoms with Gasteiger partial charge in [-0.25, -0.2) is 4.68 Å². The third kappa shape index (κ3) is 2.30. The molecule has 4 nitrogen and oxygen atoms in total. The fourth-order valence-electron chi connectivity index (χ4n) is 2.96. The summed E-state index contributed by atoms with van der Waals surface area (Å²) in [6.07, 6.45) is 0. The number of fused-ring (bicyclic) bond motifs is 1. The molecule has 2 aromatic heterocycles. The molecule has 0 fully saturated rings. The normalized spacial score (nSPS) is 18.1. The van der Waals surface area contributed by atoms with Crippen LogP contribution in [0.5, 0.6) is 5.88 Å². The minimum Gasteiger partial charge on any atom is -0.423 e. The number of thiophene rings is 1. The standard InChI is InChI=1S/C15H18BrN3OS/c1-7(2)11-13(9-5-6-10(16)21-9)12-8(3)18-19(4)15(12)20-14(11)17/h5-7,13H,17H2,1-4H3. The summed E-state index contributed by atoms with van der Waals surface area (Å²) in [4.78, 5) is 1.26. The summed E-state index contributed by atoms with van der Waals surface area (Å²) in [7, 11) is 1.89. The lowest BCUT2D eigenvalue weighted by atomic mass is 9.82. The lowest BCUT2D eigenvalue weighted by molar-refractivity contribution is 0.346. The quantitative estimate of drug-likeness (QED) is 0.875. The Bertz CT molecular complexity index is 729. The molecule has 0 saturated heterocycles. The molecule has 0 spiro atoms. The summed E-state index contributed by atoms with van der Waals surface area (Å²) in [5, 5.41) is 4.51. The van der Waals surface area contributed by atoms with E-state index in [1.165, 1.54) is 4.88 Å². The van der Waals surface area contributed by atoms with E-state index in [2.05, 4.69) is 47.0 Å². The van der Waals surface area contributed by atoms with E-state index in [1.54, 1.807) is 16.0 Å².